The van der Waals surface area contributed by atoms with Crippen LogP contribution in [0.25, 0.3) is 0 Å². The number of ether oxygens (including phenoxy) is 1. The van der Waals surface area contributed by atoms with Gasteiger partial charge >= 0.3 is 11.9 Å². The van der Waals surface area contributed by atoms with Crippen molar-refractivity contribution in [2.45, 2.75) is 19.5 Å². The molecule has 0 aliphatic carbocycles. The zero-order valence-electron chi connectivity index (χ0n) is 9.18. The third-order valence-electron chi connectivity index (χ3n) is 2.03. The maximum Gasteiger partial charge on any atom is 0.348 e. The van der Waals surface area contributed by atoms with Gasteiger partial charge in [-0.05, 0) is 34.5 Å². The summed E-state index contributed by atoms with van der Waals surface area (Å²) >= 11 is 8.37. The van der Waals surface area contributed by atoms with Gasteiger partial charge in [-0.25, -0.2) is 18.4 Å². The van der Waals surface area contributed by atoms with Crippen LogP contribution in [-0.4, -0.2) is 18.1 Å². The van der Waals surface area contributed by atoms with Gasteiger partial charge in [0, 0.05) is 0 Å². The monoisotopic (exact) mass is 340 g/mol. The first kappa shape index (κ1) is 15.0. The number of rotatable bonds is 3. The first-order chi connectivity index (χ1) is 8.36. The van der Waals surface area contributed by atoms with E-state index in [4.69, 9.17) is 11.6 Å². The lowest BCUT2D eigenvalue weighted by Crippen LogP contribution is -2.21. The molecule has 0 saturated heterocycles. The van der Waals surface area contributed by atoms with Gasteiger partial charge in [0.1, 0.15) is 0 Å². The summed E-state index contributed by atoms with van der Waals surface area (Å²) < 4.78 is 30.3. The van der Waals surface area contributed by atoms with E-state index in [1.54, 1.807) is 0 Å². The van der Waals surface area contributed by atoms with Crippen LogP contribution in [0, 0.1) is 5.82 Å². The SMILES string of the molecule is CCC(F)C(=O)OC(=O)c1cc(Cl)c(F)c(Br)c1. The summed E-state index contributed by atoms with van der Waals surface area (Å²) in [5, 5.41) is -0.309. The van der Waals surface area contributed by atoms with E-state index in [-0.39, 0.29) is 21.5 Å². The van der Waals surface area contributed by atoms with E-state index < -0.39 is 23.9 Å². The molecule has 1 unspecified atom stereocenters. The van der Waals surface area contributed by atoms with Crippen molar-refractivity contribution in [2.24, 2.45) is 0 Å². The molecule has 0 fully saturated rings. The summed E-state index contributed by atoms with van der Waals surface area (Å²) in [5.41, 5.74) is -0.148. The molecule has 0 spiro atoms. The number of carbonyl (C=O) groups excluding carboxylic acids is 2. The van der Waals surface area contributed by atoms with E-state index in [2.05, 4.69) is 20.7 Å². The van der Waals surface area contributed by atoms with Gasteiger partial charge in [-0.1, -0.05) is 18.5 Å². The molecule has 3 nitrogen and oxygen atoms in total. The average molecular weight is 342 g/mol. The number of halogens is 4. The smallest absolute Gasteiger partial charge is 0.348 e. The molecule has 0 aromatic heterocycles. The Labute approximate surface area is 115 Å². The standard InChI is InChI=1S/C11H8BrClF2O3/c1-2-8(14)11(17)18-10(16)5-3-6(12)9(15)7(13)4-5/h3-4,8H,2H2,1H3. The van der Waals surface area contributed by atoms with E-state index in [1.807, 2.05) is 0 Å². The van der Waals surface area contributed by atoms with Crippen molar-refractivity contribution in [3.63, 3.8) is 0 Å². The van der Waals surface area contributed by atoms with Gasteiger partial charge in [-0.15, -0.1) is 0 Å². The predicted octanol–water partition coefficient (Wildman–Crippen LogP) is 3.67. The quantitative estimate of drug-likeness (QED) is 0.478. The van der Waals surface area contributed by atoms with Crippen LogP contribution in [0.5, 0.6) is 0 Å². The maximum atomic E-state index is 13.2. The highest BCUT2D eigenvalue weighted by Crippen LogP contribution is 2.25. The maximum absolute atomic E-state index is 13.2. The largest absolute Gasteiger partial charge is 0.387 e. The van der Waals surface area contributed by atoms with Gasteiger partial charge < -0.3 is 4.74 Å². The predicted molar refractivity (Wildman–Crippen MR) is 64.7 cm³/mol. The van der Waals surface area contributed by atoms with Crippen molar-refractivity contribution in [3.05, 3.63) is 33.0 Å². The molecular weight excluding hydrogens is 333 g/mol. The lowest BCUT2D eigenvalue weighted by Gasteiger charge is -2.06. The minimum Gasteiger partial charge on any atom is -0.387 e. The second-order valence-electron chi connectivity index (χ2n) is 3.34. The molecule has 0 saturated carbocycles. The van der Waals surface area contributed by atoms with Crippen LogP contribution >= 0.6 is 27.5 Å². The van der Waals surface area contributed by atoms with Crippen molar-refractivity contribution in [1.82, 2.24) is 0 Å². The minimum absolute atomic E-state index is 0.0540. The van der Waals surface area contributed by atoms with Crippen molar-refractivity contribution in [3.8, 4) is 0 Å². The molecule has 0 amide bonds. The van der Waals surface area contributed by atoms with Gasteiger partial charge in [0.05, 0.1) is 15.1 Å². The highest BCUT2D eigenvalue weighted by atomic mass is 79.9. The Morgan fingerprint density at radius 1 is 1.50 bits per heavy atom. The van der Waals surface area contributed by atoms with Crippen molar-refractivity contribution in [1.29, 1.82) is 0 Å². The third-order valence-corrected chi connectivity index (χ3v) is 2.88. The van der Waals surface area contributed by atoms with E-state index in [0.29, 0.717) is 0 Å². The highest BCUT2D eigenvalue weighted by molar-refractivity contribution is 9.10. The summed E-state index contributed by atoms with van der Waals surface area (Å²) in [4.78, 5) is 22.5. The zero-order chi connectivity index (χ0) is 13.9. The Kier molecular flexibility index (Phi) is 5.22. The fraction of sp³-hybridized carbons (Fsp3) is 0.273. The van der Waals surface area contributed by atoms with E-state index in [1.165, 1.54) is 6.92 Å². The molecule has 1 aromatic carbocycles. The average Bonchev–Trinajstić information content (AvgIpc) is 2.33. The number of benzene rings is 1. The van der Waals surface area contributed by atoms with Crippen molar-refractivity contribution >= 4 is 39.5 Å². The van der Waals surface area contributed by atoms with E-state index >= 15 is 0 Å². The Bertz CT molecular complexity index is 470. The van der Waals surface area contributed by atoms with Crippen LogP contribution in [0.4, 0.5) is 8.78 Å². The molecule has 0 aliphatic heterocycles. The number of alkyl halides is 1. The molecule has 98 valence electrons. The van der Waals surface area contributed by atoms with Crippen LogP contribution in [-0.2, 0) is 9.53 Å². The zero-order valence-corrected chi connectivity index (χ0v) is 11.5. The molecule has 7 heteroatoms. The van der Waals surface area contributed by atoms with Gasteiger partial charge in [-0.2, -0.15) is 0 Å². The Hall–Kier alpha value is -1.01. The molecule has 1 rings (SSSR count). The molecule has 0 bridgehead atoms. The van der Waals surface area contributed by atoms with Crippen molar-refractivity contribution in [2.75, 3.05) is 0 Å². The number of esters is 2. The summed E-state index contributed by atoms with van der Waals surface area (Å²) in [6.07, 6.45) is -1.96. The number of hydrogen-bond acceptors (Lipinski definition) is 3. The minimum atomic E-state index is -1.87. The van der Waals surface area contributed by atoms with Crippen LogP contribution < -0.4 is 0 Å². The van der Waals surface area contributed by atoms with Crippen molar-refractivity contribution < 1.29 is 23.1 Å². The summed E-state index contributed by atoms with van der Waals surface area (Å²) in [6, 6.07) is 2.09. The summed E-state index contributed by atoms with van der Waals surface area (Å²) in [6.45, 7) is 1.43. The molecule has 0 radical (unpaired) electrons. The summed E-state index contributed by atoms with van der Waals surface area (Å²) in [5.74, 6) is -3.10. The molecular formula is C11H8BrClF2O3. The first-order valence-electron chi connectivity index (χ1n) is 4.91. The second kappa shape index (κ2) is 6.24. The molecule has 0 heterocycles. The lowest BCUT2D eigenvalue weighted by atomic mass is 10.2. The van der Waals surface area contributed by atoms with Crippen LogP contribution in [0.2, 0.25) is 5.02 Å². The van der Waals surface area contributed by atoms with E-state index in [0.717, 1.165) is 12.1 Å². The van der Waals surface area contributed by atoms with Crippen LogP contribution in [0.1, 0.15) is 23.7 Å². The van der Waals surface area contributed by atoms with Crippen LogP contribution in [0.3, 0.4) is 0 Å². The lowest BCUT2D eigenvalue weighted by molar-refractivity contribution is -0.143. The third kappa shape index (κ3) is 3.49. The van der Waals surface area contributed by atoms with Gasteiger partial charge in [-0.3, -0.25) is 0 Å². The van der Waals surface area contributed by atoms with Gasteiger partial charge in [0.15, 0.2) is 12.0 Å². The Balaban J connectivity index is 2.89. The number of hydrogen-bond donors (Lipinski definition) is 0. The van der Waals surface area contributed by atoms with Gasteiger partial charge in [0.2, 0.25) is 0 Å². The van der Waals surface area contributed by atoms with Gasteiger partial charge in [0.25, 0.3) is 0 Å². The van der Waals surface area contributed by atoms with Crippen LogP contribution in [0.15, 0.2) is 16.6 Å². The normalized spacial score (nSPS) is 12.1. The second-order valence-corrected chi connectivity index (χ2v) is 4.60. The summed E-state index contributed by atoms with van der Waals surface area (Å²) in [7, 11) is 0. The molecule has 1 atom stereocenters. The topological polar surface area (TPSA) is 43.4 Å². The first-order valence-corrected chi connectivity index (χ1v) is 6.08. The molecule has 0 aliphatic rings. The molecule has 18 heavy (non-hydrogen) atoms. The van der Waals surface area contributed by atoms with E-state index in [9.17, 15) is 18.4 Å². The molecule has 0 N–H and O–H groups in total. The Morgan fingerprint density at radius 3 is 2.61 bits per heavy atom. The fourth-order valence-corrected chi connectivity index (χ4v) is 1.85. The molecule has 1 aromatic rings. The fourth-order valence-electron chi connectivity index (χ4n) is 1.05. The Morgan fingerprint density at radius 2 is 2.11 bits per heavy atom. The highest BCUT2D eigenvalue weighted by Gasteiger charge is 2.22. The number of carbonyl (C=O) groups is 2.